The first-order valence-corrected chi connectivity index (χ1v) is 13.4. The van der Waals surface area contributed by atoms with E-state index < -0.39 is 11.5 Å². The van der Waals surface area contributed by atoms with Gasteiger partial charge in [-0.25, -0.2) is 0 Å². The van der Waals surface area contributed by atoms with E-state index in [2.05, 4.69) is 31.9 Å². The van der Waals surface area contributed by atoms with Crippen LogP contribution >= 0.6 is 11.6 Å². The molecule has 0 radical (unpaired) electrons. The van der Waals surface area contributed by atoms with Crippen molar-refractivity contribution in [3.63, 3.8) is 0 Å². The summed E-state index contributed by atoms with van der Waals surface area (Å²) in [6, 6.07) is 8.35. The number of aldehydes is 1. The number of hydrogen-bond donors (Lipinski definition) is 1. The first-order chi connectivity index (χ1) is 17.6. The number of benzene rings is 2. The van der Waals surface area contributed by atoms with E-state index in [1.54, 1.807) is 25.1 Å². The topological polar surface area (TPSA) is 81.4 Å². The molecule has 5 nitrogen and oxygen atoms in total. The Labute approximate surface area is 229 Å². The molecule has 0 atom stereocenters. The highest BCUT2D eigenvalue weighted by Gasteiger charge is 2.20. The molecule has 37 heavy (non-hydrogen) atoms. The van der Waals surface area contributed by atoms with Crippen molar-refractivity contribution in [2.45, 2.75) is 75.2 Å². The maximum atomic E-state index is 12.7. The van der Waals surface area contributed by atoms with E-state index >= 15 is 0 Å². The van der Waals surface area contributed by atoms with Crippen LogP contribution in [0.1, 0.15) is 104 Å². The van der Waals surface area contributed by atoms with Gasteiger partial charge in [0.25, 0.3) is 0 Å². The molecule has 6 heteroatoms. The third-order valence-corrected chi connectivity index (χ3v) is 5.48. The second-order valence-corrected chi connectivity index (χ2v) is 8.48. The van der Waals surface area contributed by atoms with Gasteiger partial charge in [-0.1, -0.05) is 53.1 Å². The highest BCUT2D eigenvalue weighted by molar-refractivity contribution is 6.36. The predicted molar refractivity (Wildman–Crippen MR) is 158 cm³/mol. The van der Waals surface area contributed by atoms with Gasteiger partial charge in [0, 0.05) is 0 Å². The molecular weight excluding hydrogens is 484 g/mol. The summed E-state index contributed by atoms with van der Waals surface area (Å²) in [6.45, 7) is 20.2. The van der Waals surface area contributed by atoms with Gasteiger partial charge >= 0.3 is 0 Å². The van der Waals surface area contributed by atoms with Crippen LogP contribution in [0.25, 0.3) is 6.08 Å². The van der Waals surface area contributed by atoms with Gasteiger partial charge in [0.1, 0.15) is 5.75 Å². The van der Waals surface area contributed by atoms with Gasteiger partial charge in [-0.15, -0.1) is 0 Å². The van der Waals surface area contributed by atoms with Crippen molar-refractivity contribution in [1.82, 2.24) is 4.90 Å². The molecule has 204 valence electrons. The molecule has 0 aliphatic heterocycles. The number of phenolic OH excluding ortho intramolecular Hbond substituents is 1. The minimum Gasteiger partial charge on any atom is -0.506 e. The van der Waals surface area contributed by atoms with E-state index in [4.69, 9.17) is 16.9 Å². The number of aryl methyl sites for hydroxylation is 2. The van der Waals surface area contributed by atoms with Crippen molar-refractivity contribution in [2.24, 2.45) is 0 Å². The average Bonchev–Trinajstić information content (AvgIpc) is 2.89. The van der Waals surface area contributed by atoms with Crippen LogP contribution in [-0.2, 0) is 0 Å². The van der Waals surface area contributed by atoms with Crippen LogP contribution in [0.4, 0.5) is 0 Å². The molecular formula is C31H45ClN2O3. The lowest BCUT2D eigenvalue weighted by Crippen LogP contribution is -2.19. The van der Waals surface area contributed by atoms with E-state index in [1.165, 1.54) is 38.1 Å². The smallest absolute Gasteiger partial charge is 0.194 e. The van der Waals surface area contributed by atoms with Crippen LogP contribution in [0.15, 0.2) is 29.8 Å². The minimum atomic E-state index is -0.464. The summed E-state index contributed by atoms with van der Waals surface area (Å²) >= 11 is 6.04. The molecule has 0 aliphatic carbocycles. The minimum absolute atomic E-state index is 0.00582. The molecule has 0 aromatic heterocycles. The van der Waals surface area contributed by atoms with Crippen LogP contribution in [0.3, 0.4) is 0 Å². The third-order valence-electron chi connectivity index (χ3n) is 5.16. The number of ketones is 1. The van der Waals surface area contributed by atoms with Gasteiger partial charge in [-0.05, 0) is 106 Å². The Kier molecular flexibility index (Phi) is 19.7. The summed E-state index contributed by atoms with van der Waals surface area (Å²) in [7, 11) is 2.17. The number of allylic oxidation sites excluding steroid dienone is 1. The highest BCUT2D eigenvalue weighted by Crippen LogP contribution is 2.31. The molecule has 2 aromatic carbocycles. The zero-order valence-corrected chi connectivity index (χ0v) is 25.1. The fourth-order valence-electron chi connectivity index (χ4n) is 3.52. The van der Waals surface area contributed by atoms with Crippen molar-refractivity contribution < 1.29 is 14.7 Å². The van der Waals surface area contributed by atoms with E-state index in [9.17, 15) is 14.7 Å². The summed E-state index contributed by atoms with van der Waals surface area (Å²) in [6.07, 6.45) is 4.71. The Morgan fingerprint density at radius 3 is 1.95 bits per heavy atom. The van der Waals surface area contributed by atoms with Crippen LogP contribution in [0.5, 0.6) is 5.75 Å². The van der Waals surface area contributed by atoms with Gasteiger partial charge < -0.3 is 10.0 Å². The molecule has 0 spiro atoms. The lowest BCUT2D eigenvalue weighted by atomic mass is 9.95. The number of aromatic hydroxyl groups is 1. The van der Waals surface area contributed by atoms with E-state index in [1.807, 2.05) is 41.5 Å². The largest absolute Gasteiger partial charge is 0.506 e. The van der Waals surface area contributed by atoms with E-state index in [0.717, 1.165) is 16.7 Å². The third kappa shape index (κ3) is 11.8. The van der Waals surface area contributed by atoms with Gasteiger partial charge in [-0.3, -0.25) is 9.59 Å². The Morgan fingerprint density at radius 1 is 1.05 bits per heavy atom. The molecule has 0 fully saturated rings. The van der Waals surface area contributed by atoms with Crippen molar-refractivity contribution >= 4 is 29.7 Å². The molecule has 0 unspecified atom stereocenters. The zero-order chi connectivity index (χ0) is 29.1. The zero-order valence-electron chi connectivity index (χ0n) is 24.3. The van der Waals surface area contributed by atoms with Gasteiger partial charge in [-0.2, -0.15) is 5.26 Å². The molecule has 2 aromatic rings. The Hall–Kier alpha value is -2.94. The molecule has 0 heterocycles. The number of nitrogens with zero attached hydrogens (tertiary/aromatic N) is 2. The van der Waals surface area contributed by atoms with Gasteiger partial charge in [0.15, 0.2) is 12.1 Å². The second-order valence-electron chi connectivity index (χ2n) is 8.07. The fourth-order valence-corrected chi connectivity index (χ4v) is 3.75. The molecule has 0 amide bonds. The Morgan fingerprint density at radius 2 is 1.54 bits per heavy atom. The second kappa shape index (κ2) is 20.2. The summed E-state index contributed by atoms with van der Waals surface area (Å²) in [5.74, 6) is -0.886. The maximum absolute atomic E-state index is 12.7. The normalized spacial score (nSPS) is 10.1. The molecule has 0 saturated heterocycles. The average molecular weight is 529 g/mol. The van der Waals surface area contributed by atoms with Gasteiger partial charge in [0.2, 0.25) is 0 Å². The number of phenols is 1. The van der Waals surface area contributed by atoms with Crippen LogP contribution in [-0.4, -0.2) is 42.2 Å². The van der Waals surface area contributed by atoms with E-state index in [-0.39, 0.29) is 16.1 Å². The number of carbonyl (C=O) groups excluding carboxylic acids is 2. The van der Waals surface area contributed by atoms with Crippen LogP contribution < -0.4 is 0 Å². The Balaban J connectivity index is 0. The first-order valence-electron chi connectivity index (χ1n) is 13.0. The van der Waals surface area contributed by atoms with Gasteiger partial charge in [0.05, 0.1) is 27.8 Å². The molecule has 0 saturated carbocycles. The van der Waals surface area contributed by atoms with Crippen LogP contribution in [0, 0.1) is 25.2 Å². The summed E-state index contributed by atoms with van der Waals surface area (Å²) in [5, 5.41) is 19.2. The van der Waals surface area contributed by atoms with Crippen molar-refractivity contribution in [2.75, 3.05) is 20.1 Å². The lowest BCUT2D eigenvalue weighted by Gasteiger charge is -2.12. The monoisotopic (exact) mass is 528 g/mol. The quantitative estimate of drug-likeness (QED) is 0.211. The number of halogens is 1. The summed E-state index contributed by atoms with van der Waals surface area (Å²) in [5.41, 5.74) is 3.37. The number of rotatable bonds is 8. The predicted octanol–water partition coefficient (Wildman–Crippen LogP) is 8.42. The standard InChI is InChI=1S/C20H16ClNO3.C7H17N.2C2H6/c1-11-6-14(9-22)7-12(2)16(11)8-13(3)19(24)18-17(21)5-4-15(10-23)20(18)25;1-4-6-8(3)7-5-2;2*1-2/h4-8,10,25H,1-3H3;4-7H2,1-3H3;2*1-2H3/b13-8+;;;. The fraction of sp³-hybridized carbons (Fsp3) is 0.452. The van der Waals surface area contributed by atoms with Crippen molar-refractivity contribution in [1.29, 1.82) is 5.26 Å². The number of nitriles is 1. The van der Waals surface area contributed by atoms with Crippen LogP contribution in [0.2, 0.25) is 5.02 Å². The Bertz CT molecular complexity index is 1040. The SMILES string of the molecule is C/C(=C\c1c(C)cc(C#N)cc1C)C(=O)c1c(Cl)ccc(C=O)c1O.CC.CC.CCCN(C)CCC. The molecule has 1 N–H and O–H groups in total. The maximum Gasteiger partial charge on any atom is 0.194 e. The number of carbonyl (C=O) groups is 2. The van der Waals surface area contributed by atoms with Crippen molar-refractivity contribution in [3.8, 4) is 11.8 Å². The number of hydrogen-bond acceptors (Lipinski definition) is 5. The molecule has 0 aliphatic rings. The first kappa shape index (κ1) is 36.2. The highest BCUT2D eigenvalue weighted by atomic mass is 35.5. The molecule has 0 bridgehead atoms. The van der Waals surface area contributed by atoms with E-state index in [0.29, 0.717) is 17.4 Å². The summed E-state index contributed by atoms with van der Waals surface area (Å²) in [4.78, 5) is 26.1. The van der Waals surface area contributed by atoms with Crippen molar-refractivity contribution in [3.05, 3.63) is 68.2 Å². The number of Topliss-reactive ketones (excluding diaryl/α,β-unsaturated/α-hetero) is 1. The summed E-state index contributed by atoms with van der Waals surface area (Å²) < 4.78 is 0. The lowest BCUT2D eigenvalue weighted by molar-refractivity contribution is 0.103. The molecule has 2 rings (SSSR count).